The monoisotopic (exact) mass is 902 g/mol. The van der Waals surface area contributed by atoms with Gasteiger partial charge in [-0.25, -0.2) is 0 Å². The van der Waals surface area contributed by atoms with Gasteiger partial charge in [-0.1, -0.05) is 140 Å². The van der Waals surface area contributed by atoms with Crippen LogP contribution in [0.3, 0.4) is 0 Å². The Labute approximate surface area is 415 Å². The summed E-state index contributed by atoms with van der Waals surface area (Å²) in [6, 6.07) is 70.6. The number of rotatable bonds is 13. The average molecular weight is 903 g/mol. The van der Waals surface area contributed by atoms with Crippen molar-refractivity contribution in [1.29, 1.82) is 10.5 Å². The number of benzene rings is 7. The van der Waals surface area contributed by atoms with E-state index in [0.29, 0.717) is 16.8 Å². The second kappa shape index (κ2) is 20.5. The number of pyridine rings is 3. The third kappa shape index (κ3) is 9.97. The van der Waals surface area contributed by atoms with E-state index in [1.807, 2.05) is 80.0 Å². The highest BCUT2D eigenvalue weighted by Crippen LogP contribution is 2.42. The van der Waals surface area contributed by atoms with Gasteiger partial charge in [0.25, 0.3) is 0 Å². The zero-order chi connectivity index (χ0) is 50.3. The molecule has 0 atom stereocenters. The molecule has 0 unspecified atom stereocenters. The first-order chi connectivity index (χ1) is 35.6. The van der Waals surface area contributed by atoms with Crippen LogP contribution < -0.4 is 0 Å². The van der Waals surface area contributed by atoms with Gasteiger partial charge in [-0.15, -0.1) is 0 Å². The predicted octanol–water partition coefficient (Wildman–Crippen LogP) is 15.5. The maximum atomic E-state index is 10.7. The van der Waals surface area contributed by atoms with Crippen LogP contribution in [0.1, 0.15) is 48.6 Å². The quantitative estimate of drug-likeness (QED) is 0.115. The van der Waals surface area contributed by atoms with Crippen molar-refractivity contribution in [3.05, 3.63) is 257 Å². The van der Waals surface area contributed by atoms with E-state index in [2.05, 4.69) is 136 Å². The first kappa shape index (κ1) is 41.2. The van der Waals surface area contributed by atoms with Crippen molar-refractivity contribution in [2.24, 2.45) is 0 Å². The average Bonchev–Trinajstić information content (AvgIpc) is 3.44. The normalized spacial score (nSPS) is 11.7. The van der Waals surface area contributed by atoms with Gasteiger partial charge in [-0.05, 0) is 166 Å². The number of nitriles is 2. The highest BCUT2D eigenvalue weighted by atomic mass is 14.7. The lowest BCUT2D eigenvalue weighted by Gasteiger charge is -2.19. The molecule has 3 heterocycles. The Morgan fingerprint density at radius 2 is 0.957 bits per heavy atom. The van der Waals surface area contributed by atoms with Crippen LogP contribution in [0, 0.1) is 36.4 Å². The van der Waals surface area contributed by atoms with E-state index >= 15 is 0 Å². The molecule has 0 aliphatic carbocycles. The van der Waals surface area contributed by atoms with Crippen LogP contribution in [-0.2, 0) is 25.7 Å². The first-order valence-electron chi connectivity index (χ1n) is 25.0. The van der Waals surface area contributed by atoms with Gasteiger partial charge in [-0.2, -0.15) is 10.5 Å². The van der Waals surface area contributed by atoms with E-state index in [0.717, 1.165) is 104 Å². The summed E-state index contributed by atoms with van der Waals surface area (Å²) in [6.07, 6.45) is 8.51. The zero-order valence-corrected chi connectivity index (χ0v) is 38.8. The number of hydrogen-bond acceptors (Lipinski definition) is 5. The Hall–Kier alpha value is -9.03. The largest absolute Gasteiger partial charge is 0.256 e. The van der Waals surface area contributed by atoms with Crippen molar-refractivity contribution in [3.8, 4) is 90.4 Å². The van der Waals surface area contributed by atoms with E-state index in [4.69, 9.17) is 4.11 Å². The van der Waals surface area contributed by atoms with E-state index in [1.165, 1.54) is 28.5 Å². The summed E-state index contributed by atoms with van der Waals surface area (Å²) in [6.45, 7) is -0.261. The number of aromatic nitrogens is 3. The smallest absolute Gasteiger partial charge is 0.0998 e. The first-order valence-corrected chi connectivity index (χ1v) is 23.5. The van der Waals surface area contributed by atoms with Crippen LogP contribution in [-0.4, -0.2) is 15.0 Å². The van der Waals surface area contributed by atoms with Crippen LogP contribution in [0.15, 0.2) is 213 Å². The molecule has 0 saturated carbocycles. The molecule has 5 heteroatoms. The molecule has 0 bridgehead atoms. The Kier molecular flexibility index (Phi) is 12.0. The number of aryl methyl sites for hydroxylation is 6. The van der Waals surface area contributed by atoms with Gasteiger partial charge in [0.05, 0.1) is 40.3 Å². The maximum Gasteiger partial charge on any atom is 0.0998 e. The lowest BCUT2D eigenvalue weighted by Crippen LogP contribution is -1.98. The van der Waals surface area contributed by atoms with Gasteiger partial charge in [0.2, 0.25) is 0 Å². The molecule has 7 aromatic carbocycles. The minimum atomic E-state index is -2.28. The Morgan fingerprint density at radius 1 is 0.414 bits per heavy atom. The molecule has 5 nitrogen and oxygen atoms in total. The summed E-state index contributed by atoms with van der Waals surface area (Å²) < 4.78 is 23.8. The van der Waals surface area contributed by atoms with Gasteiger partial charge in [-0.3, -0.25) is 15.0 Å². The molecule has 0 aliphatic heterocycles. The lowest BCUT2D eigenvalue weighted by atomic mass is 9.85. The van der Waals surface area contributed by atoms with Crippen molar-refractivity contribution >= 4 is 0 Å². The van der Waals surface area contributed by atoms with Crippen LogP contribution in [0.5, 0.6) is 0 Å². The van der Waals surface area contributed by atoms with E-state index in [1.54, 1.807) is 24.3 Å². The second-order valence-electron chi connectivity index (χ2n) is 17.6. The van der Waals surface area contributed by atoms with Gasteiger partial charge in [0.1, 0.15) is 0 Å². The van der Waals surface area contributed by atoms with Crippen molar-refractivity contribution in [2.75, 3.05) is 0 Å². The summed E-state index contributed by atoms with van der Waals surface area (Å²) in [7, 11) is 0. The number of hydrogen-bond donors (Lipinski definition) is 0. The zero-order valence-electron chi connectivity index (χ0n) is 41.8. The Balaban J connectivity index is 1.06. The SMILES string of the molecule is [2H]C([2H])([2H])c1ccc(-c2ccc(-c3ccccc3-c3cc(CCc4ccc(-c5ccccn5)cc4)cc(CCc4ccc(-c5ccccn5)cc4)c3)c(-c3cc(C)c(-c4ccc(C#N)cc4)c(C#N)c3)c2)nc1. The molecule has 0 spiro atoms. The van der Waals surface area contributed by atoms with Crippen molar-refractivity contribution in [1.82, 2.24) is 15.0 Å². The molecular weight excluding hydrogens is 851 g/mol. The summed E-state index contributed by atoms with van der Waals surface area (Å²) in [5.74, 6) is 0. The molecule has 0 amide bonds. The molecule has 0 N–H and O–H groups in total. The minimum absolute atomic E-state index is 0.174. The van der Waals surface area contributed by atoms with Crippen LogP contribution >= 0.6 is 0 Å². The van der Waals surface area contributed by atoms with Crippen molar-refractivity contribution in [2.45, 2.75) is 39.5 Å². The fraction of sp³-hybridized carbons (Fsp3) is 0.0923. The van der Waals surface area contributed by atoms with Crippen LogP contribution in [0.2, 0.25) is 0 Å². The van der Waals surface area contributed by atoms with Crippen LogP contribution in [0.25, 0.3) is 78.3 Å². The molecular formula is C65H49N5. The molecule has 10 aromatic rings. The summed E-state index contributed by atoms with van der Waals surface area (Å²) in [5, 5.41) is 20.2. The topological polar surface area (TPSA) is 86.2 Å². The van der Waals surface area contributed by atoms with Crippen molar-refractivity contribution < 1.29 is 4.11 Å². The van der Waals surface area contributed by atoms with Crippen molar-refractivity contribution in [3.63, 3.8) is 0 Å². The van der Waals surface area contributed by atoms with E-state index in [9.17, 15) is 10.5 Å². The lowest BCUT2D eigenvalue weighted by molar-refractivity contribution is 0.931. The van der Waals surface area contributed by atoms with Gasteiger partial charge >= 0.3 is 0 Å². The minimum Gasteiger partial charge on any atom is -0.256 e. The maximum absolute atomic E-state index is 10.7. The molecule has 0 fully saturated rings. The van der Waals surface area contributed by atoms with Gasteiger partial charge in [0.15, 0.2) is 0 Å². The second-order valence-corrected chi connectivity index (χ2v) is 17.6. The Bertz CT molecular complexity index is 3550. The van der Waals surface area contributed by atoms with Crippen LogP contribution in [0.4, 0.5) is 0 Å². The van der Waals surface area contributed by atoms with Gasteiger partial charge in [0, 0.05) is 45.0 Å². The molecule has 0 radical (unpaired) electrons. The van der Waals surface area contributed by atoms with E-state index < -0.39 is 6.85 Å². The third-order valence-electron chi connectivity index (χ3n) is 13.0. The number of nitrogens with zero attached hydrogens (tertiary/aromatic N) is 5. The fourth-order valence-corrected chi connectivity index (χ4v) is 9.37. The molecule has 10 rings (SSSR count). The standard InChI is InChI=1S/C65H49N5/c1-44-13-32-64(70-43-44)54-30-31-60(61(40-54)55-35-45(2)65(57(39-55)42-67)53-28-22-48(41-66)23-29-53)59-10-4-3-9-58(59)56-37-49(16-14-46-18-24-51(25-19-46)62-11-5-7-33-68-62)36-50(38-56)17-15-47-20-26-52(27-21-47)63-12-6-8-34-69-63/h3-13,18-40,43H,14-17H2,1-2H3/i1D3. The summed E-state index contributed by atoms with van der Waals surface area (Å²) >= 11 is 0. The third-order valence-corrected chi connectivity index (χ3v) is 13.0. The molecule has 334 valence electrons. The molecule has 0 aliphatic rings. The Morgan fingerprint density at radius 3 is 1.51 bits per heavy atom. The summed E-state index contributed by atoms with van der Waals surface area (Å²) in [5.41, 5.74) is 20.3. The fourth-order valence-electron chi connectivity index (χ4n) is 9.37. The van der Waals surface area contributed by atoms with Gasteiger partial charge < -0.3 is 0 Å². The molecule has 70 heavy (non-hydrogen) atoms. The summed E-state index contributed by atoms with van der Waals surface area (Å²) in [4.78, 5) is 13.7. The predicted molar refractivity (Wildman–Crippen MR) is 284 cm³/mol. The molecule has 0 saturated heterocycles. The molecule has 3 aromatic heterocycles. The van der Waals surface area contributed by atoms with E-state index in [-0.39, 0.29) is 5.56 Å². The highest BCUT2D eigenvalue weighted by Gasteiger charge is 2.19. The highest BCUT2D eigenvalue weighted by molar-refractivity contribution is 5.94.